The molecule has 1 saturated carbocycles. The van der Waals surface area contributed by atoms with Crippen molar-refractivity contribution in [3.05, 3.63) is 0 Å². The zero-order chi connectivity index (χ0) is 14.0. The molecule has 2 heteroatoms. The van der Waals surface area contributed by atoms with Crippen LogP contribution in [-0.2, 0) is 0 Å². The van der Waals surface area contributed by atoms with E-state index in [-0.39, 0.29) is 0 Å². The summed E-state index contributed by atoms with van der Waals surface area (Å²) in [6.07, 6.45) is 6.90. The van der Waals surface area contributed by atoms with Crippen molar-refractivity contribution in [2.75, 3.05) is 19.6 Å². The van der Waals surface area contributed by atoms with Gasteiger partial charge in [0, 0.05) is 12.6 Å². The summed E-state index contributed by atoms with van der Waals surface area (Å²) in [6.45, 7) is 13.1. The van der Waals surface area contributed by atoms with Crippen molar-refractivity contribution in [1.82, 2.24) is 4.90 Å². The van der Waals surface area contributed by atoms with E-state index in [4.69, 9.17) is 5.73 Å². The van der Waals surface area contributed by atoms with Gasteiger partial charge >= 0.3 is 0 Å². The first-order chi connectivity index (χ1) is 8.95. The summed E-state index contributed by atoms with van der Waals surface area (Å²) in [6, 6.07) is 0.774. The Bertz CT molecular complexity index is 281. The smallest absolute Gasteiger partial charge is 0.0138 e. The van der Waals surface area contributed by atoms with Gasteiger partial charge in [0.15, 0.2) is 0 Å². The van der Waals surface area contributed by atoms with Gasteiger partial charge in [-0.05, 0) is 55.5 Å². The van der Waals surface area contributed by atoms with Gasteiger partial charge in [-0.1, -0.05) is 40.5 Å². The molecule has 2 fully saturated rings. The summed E-state index contributed by atoms with van der Waals surface area (Å²) in [4.78, 5) is 2.79. The van der Waals surface area contributed by atoms with Crippen LogP contribution in [0, 0.1) is 23.2 Å². The third-order valence-electron chi connectivity index (χ3n) is 5.86. The normalized spacial score (nSPS) is 37.7. The summed E-state index contributed by atoms with van der Waals surface area (Å²) in [5.74, 6) is 2.57. The van der Waals surface area contributed by atoms with E-state index >= 15 is 0 Å². The zero-order valence-corrected chi connectivity index (χ0v) is 13.5. The van der Waals surface area contributed by atoms with Crippen LogP contribution in [-0.4, -0.2) is 30.6 Å². The fourth-order valence-electron chi connectivity index (χ4n) is 4.18. The standard InChI is InChI=1S/C17H34N2/c1-5-13-6-7-14(11-18)16(10-13)19-9-8-15(12-19)17(2,3)4/h13-16H,5-12,18H2,1-4H3. The van der Waals surface area contributed by atoms with E-state index in [1.54, 1.807) is 0 Å². The van der Waals surface area contributed by atoms with E-state index in [1.165, 1.54) is 45.2 Å². The molecule has 4 atom stereocenters. The highest BCUT2D eigenvalue weighted by Gasteiger charge is 2.39. The summed E-state index contributed by atoms with van der Waals surface area (Å²) in [5, 5.41) is 0. The number of hydrogen-bond donors (Lipinski definition) is 1. The van der Waals surface area contributed by atoms with Gasteiger partial charge in [-0.15, -0.1) is 0 Å². The van der Waals surface area contributed by atoms with E-state index in [9.17, 15) is 0 Å². The molecule has 0 aromatic rings. The highest BCUT2D eigenvalue weighted by molar-refractivity contribution is 4.92. The highest BCUT2D eigenvalue weighted by atomic mass is 15.2. The quantitative estimate of drug-likeness (QED) is 0.847. The van der Waals surface area contributed by atoms with Crippen LogP contribution >= 0.6 is 0 Å². The van der Waals surface area contributed by atoms with Gasteiger partial charge in [-0.2, -0.15) is 0 Å². The molecule has 2 rings (SSSR count). The molecule has 0 amide bonds. The van der Waals surface area contributed by atoms with Crippen LogP contribution in [0.4, 0.5) is 0 Å². The van der Waals surface area contributed by atoms with Crippen molar-refractivity contribution in [3.63, 3.8) is 0 Å². The molecule has 0 radical (unpaired) electrons. The molecule has 4 unspecified atom stereocenters. The fourth-order valence-corrected chi connectivity index (χ4v) is 4.18. The minimum absolute atomic E-state index is 0.464. The molecule has 0 aromatic carbocycles. The van der Waals surface area contributed by atoms with Gasteiger partial charge in [0.25, 0.3) is 0 Å². The minimum atomic E-state index is 0.464. The first-order valence-corrected chi connectivity index (χ1v) is 8.39. The van der Waals surface area contributed by atoms with Crippen LogP contribution in [0.2, 0.25) is 0 Å². The lowest BCUT2D eigenvalue weighted by molar-refractivity contribution is 0.0905. The second-order valence-corrected chi connectivity index (χ2v) is 8.00. The van der Waals surface area contributed by atoms with Crippen molar-refractivity contribution < 1.29 is 0 Å². The van der Waals surface area contributed by atoms with Crippen molar-refractivity contribution in [2.24, 2.45) is 28.9 Å². The second kappa shape index (κ2) is 6.13. The molecular weight excluding hydrogens is 232 g/mol. The van der Waals surface area contributed by atoms with Gasteiger partial charge in [-0.3, -0.25) is 4.90 Å². The molecule has 2 N–H and O–H groups in total. The van der Waals surface area contributed by atoms with E-state index in [2.05, 4.69) is 32.6 Å². The number of nitrogens with two attached hydrogens (primary N) is 1. The molecule has 1 aliphatic carbocycles. The molecular formula is C17H34N2. The lowest BCUT2D eigenvalue weighted by Crippen LogP contribution is -2.46. The predicted molar refractivity (Wildman–Crippen MR) is 83.1 cm³/mol. The maximum Gasteiger partial charge on any atom is 0.0138 e. The number of hydrogen-bond acceptors (Lipinski definition) is 2. The Morgan fingerprint density at radius 1 is 1.16 bits per heavy atom. The molecule has 2 nitrogen and oxygen atoms in total. The topological polar surface area (TPSA) is 29.3 Å². The molecule has 1 aliphatic heterocycles. The van der Waals surface area contributed by atoms with Gasteiger partial charge < -0.3 is 5.73 Å². The SMILES string of the molecule is CCC1CCC(CN)C(N2CCC(C(C)(C)C)C2)C1. The van der Waals surface area contributed by atoms with Gasteiger partial charge in [0.1, 0.15) is 0 Å². The molecule has 0 bridgehead atoms. The molecule has 0 aromatic heterocycles. The molecule has 2 aliphatic rings. The molecule has 1 saturated heterocycles. The second-order valence-electron chi connectivity index (χ2n) is 8.00. The number of nitrogens with zero attached hydrogens (tertiary/aromatic N) is 1. The Kier molecular flexibility index (Phi) is 4.94. The average Bonchev–Trinajstić information content (AvgIpc) is 2.87. The monoisotopic (exact) mass is 266 g/mol. The van der Waals surface area contributed by atoms with Crippen molar-refractivity contribution in [3.8, 4) is 0 Å². The van der Waals surface area contributed by atoms with E-state index in [0.29, 0.717) is 5.41 Å². The Morgan fingerprint density at radius 2 is 1.89 bits per heavy atom. The van der Waals surface area contributed by atoms with Crippen LogP contribution in [0.25, 0.3) is 0 Å². The fraction of sp³-hybridized carbons (Fsp3) is 1.00. The van der Waals surface area contributed by atoms with Crippen LogP contribution in [0.15, 0.2) is 0 Å². The van der Waals surface area contributed by atoms with Crippen LogP contribution in [0.3, 0.4) is 0 Å². The lowest BCUT2D eigenvalue weighted by atomic mass is 9.76. The maximum absolute atomic E-state index is 6.04. The average molecular weight is 266 g/mol. The van der Waals surface area contributed by atoms with Gasteiger partial charge in [0.2, 0.25) is 0 Å². The van der Waals surface area contributed by atoms with Gasteiger partial charge in [0.05, 0.1) is 0 Å². The minimum Gasteiger partial charge on any atom is -0.330 e. The van der Waals surface area contributed by atoms with Gasteiger partial charge in [-0.25, -0.2) is 0 Å². The number of likely N-dealkylation sites (tertiary alicyclic amines) is 1. The van der Waals surface area contributed by atoms with E-state index in [0.717, 1.165) is 30.3 Å². The van der Waals surface area contributed by atoms with Crippen LogP contribution in [0.5, 0.6) is 0 Å². The van der Waals surface area contributed by atoms with E-state index in [1.807, 2.05) is 0 Å². The Balaban J connectivity index is 1.99. The van der Waals surface area contributed by atoms with Crippen LogP contribution < -0.4 is 5.73 Å². The first kappa shape index (κ1) is 15.3. The van der Waals surface area contributed by atoms with Crippen molar-refractivity contribution in [1.29, 1.82) is 0 Å². The first-order valence-electron chi connectivity index (χ1n) is 8.39. The predicted octanol–water partition coefficient (Wildman–Crippen LogP) is 3.51. The summed E-state index contributed by atoms with van der Waals surface area (Å²) >= 11 is 0. The van der Waals surface area contributed by atoms with Crippen LogP contribution in [0.1, 0.15) is 59.8 Å². The lowest BCUT2D eigenvalue weighted by Gasteiger charge is -2.41. The molecule has 112 valence electrons. The summed E-state index contributed by atoms with van der Waals surface area (Å²) < 4.78 is 0. The highest BCUT2D eigenvalue weighted by Crippen LogP contribution is 2.39. The molecule has 0 spiro atoms. The third-order valence-corrected chi connectivity index (χ3v) is 5.86. The van der Waals surface area contributed by atoms with Crippen molar-refractivity contribution in [2.45, 2.75) is 65.8 Å². The third kappa shape index (κ3) is 3.52. The summed E-state index contributed by atoms with van der Waals surface area (Å²) in [7, 11) is 0. The number of rotatable bonds is 3. The largest absolute Gasteiger partial charge is 0.330 e. The molecule has 1 heterocycles. The Morgan fingerprint density at radius 3 is 2.42 bits per heavy atom. The Hall–Kier alpha value is -0.0800. The maximum atomic E-state index is 6.04. The van der Waals surface area contributed by atoms with E-state index < -0.39 is 0 Å². The molecule has 19 heavy (non-hydrogen) atoms. The van der Waals surface area contributed by atoms with Crippen molar-refractivity contribution >= 4 is 0 Å². The summed E-state index contributed by atoms with van der Waals surface area (Å²) in [5.41, 5.74) is 6.51. The Labute approximate surface area is 120 Å². The zero-order valence-electron chi connectivity index (χ0n) is 13.5.